The van der Waals surface area contributed by atoms with Gasteiger partial charge >= 0.3 is 0 Å². The van der Waals surface area contributed by atoms with Crippen molar-refractivity contribution < 1.29 is 0 Å². The first kappa shape index (κ1) is 14.7. The van der Waals surface area contributed by atoms with E-state index in [0.717, 1.165) is 32.1 Å². The highest BCUT2D eigenvalue weighted by molar-refractivity contribution is 5.61. The Morgan fingerprint density at radius 1 is 1.05 bits per heavy atom. The summed E-state index contributed by atoms with van der Waals surface area (Å²) in [6.07, 6.45) is 4.01. The summed E-state index contributed by atoms with van der Waals surface area (Å²) in [6.45, 7) is 9.18. The van der Waals surface area contributed by atoms with Crippen LogP contribution in [0, 0.1) is 12.8 Å². The van der Waals surface area contributed by atoms with E-state index in [2.05, 4.69) is 54.2 Å². The molecule has 1 saturated heterocycles. The Hall–Kier alpha value is -1.22. The molecule has 21 heavy (non-hydrogen) atoms. The van der Waals surface area contributed by atoms with Gasteiger partial charge in [0.2, 0.25) is 0 Å². The Kier molecular flexibility index (Phi) is 4.39. The van der Waals surface area contributed by atoms with Gasteiger partial charge in [-0.2, -0.15) is 0 Å². The van der Waals surface area contributed by atoms with Crippen LogP contribution in [0.15, 0.2) is 18.2 Å². The van der Waals surface area contributed by atoms with Crippen LogP contribution in [0.3, 0.4) is 0 Å². The molecule has 0 amide bonds. The number of rotatable bonds is 3. The van der Waals surface area contributed by atoms with E-state index >= 15 is 0 Å². The van der Waals surface area contributed by atoms with Crippen LogP contribution in [0.25, 0.3) is 0 Å². The summed E-state index contributed by atoms with van der Waals surface area (Å²) in [5.74, 6) is 0.879. The molecule has 0 radical (unpaired) electrons. The van der Waals surface area contributed by atoms with Crippen LogP contribution in [0.4, 0.5) is 11.4 Å². The Morgan fingerprint density at radius 3 is 2.48 bits per heavy atom. The van der Waals surface area contributed by atoms with Crippen LogP contribution < -0.4 is 10.2 Å². The molecular formula is C18H29N3. The van der Waals surface area contributed by atoms with Crippen molar-refractivity contribution in [3.63, 3.8) is 0 Å². The maximum atomic E-state index is 3.76. The minimum Gasteiger partial charge on any atom is -0.382 e. The van der Waals surface area contributed by atoms with Gasteiger partial charge in [0.15, 0.2) is 0 Å². The third kappa shape index (κ3) is 3.70. The number of piperazine rings is 1. The average molecular weight is 287 g/mol. The predicted molar refractivity (Wildman–Crippen MR) is 91.3 cm³/mol. The number of hydrogen-bond donors (Lipinski definition) is 1. The number of benzene rings is 1. The molecule has 0 aromatic heterocycles. The van der Waals surface area contributed by atoms with Crippen LogP contribution in [-0.4, -0.2) is 44.2 Å². The zero-order valence-corrected chi connectivity index (χ0v) is 13.7. The van der Waals surface area contributed by atoms with Crippen molar-refractivity contribution in [2.45, 2.75) is 39.2 Å². The van der Waals surface area contributed by atoms with Gasteiger partial charge < -0.3 is 15.1 Å². The van der Waals surface area contributed by atoms with Crippen molar-refractivity contribution in [1.82, 2.24) is 4.90 Å². The van der Waals surface area contributed by atoms with Crippen LogP contribution in [-0.2, 0) is 0 Å². The Labute approximate surface area is 129 Å². The Bertz CT molecular complexity index is 477. The third-order valence-electron chi connectivity index (χ3n) is 5.00. The molecule has 1 aromatic carbocycles. The van der Waals surface area contributed by atoms with E-state index in [4.69, 9.17) is 0 Å². The molecule has 1 aliphatic heterocycles. The highest BCUT2D eigenvalue weighted by Gasteiger charge is 2.21. The molecule has 2 atom stereocenters. The van der Waals surface area contributed by atoms with Gasteiger partial charge in [0, 0.05) is 43.6 Å². The molecule has 1 heterocycles. The summed E-state index contributed by atoms with van der Waals surface area (Å²) in [5, 5.41) is 3.76. The fraction of sp³-hybridized carbons (Fsp3) is 0.667. The number of hydrogen-bond acceptors (Lipinski definition) is 3. The van der Waals surface area contributed by atoms with Crippen molar-refractivity contribution in [2.24, 2.45) is 5.92 Å². The fourth-order valence-electron chi connectivity index (χ4n) is 3.67. The molecule has 0 spiro atoms. The molecule has 1 N–H and O–H groups in total. The molecule has 2 aliphatic rings. The maximum absolute atomic E-state index is 3.76. The van der Waals surface area contributed by atoms with Crippen molar-refractivity contribution in [1.29, 1.82) is 0 Å². The minimum absolute atomic E-state index is 0.669. The highest BCUT2D eigenvalue weighted by Crippen LogP contribution is 2.29. The van der Waals surface area contributed by atoms with Gasteiger partial charge in [0.05, 0.1) is 0 Å². The topological polar surface area (TPSA) is 18.5 Å². The predicted octanol–water partition coefficient (Wildman–Crippen LogP) is 3.35. The molecule has 3 heteroatoms. The quantitative estimate of drug-likeness (QED) is 0.920. The lowest BCUT2D eigenvalue weighted by Gasteiger charge is -2.34. The van der Waals surface area contributed by atoms with Gasteiger partial charge in [-0.3, -0.25) is 0 Å². The number of anilines is 2. The summed E-state index contributed by atoms with van der Waals surface area (Å²) in [6, 6.07) is 7.64. The molecule has 1 aromatic rings. The van der Waals surface area contributed by atoms with E-state index in [0.29, 0.717) is 6.04 Å². The Balaban J connectivity index is 1.70. The van der Waals surface area contributed by atoms with Crippen molar-refractivity contribution in [2.75, 3.05) is 43.4 Å². The van der Waals surface area contributed by atoms with Gasteiger partial charge in [0.25, 0.3) is 0 Å². The standard InChI is InChI=1S/C18H29N3/c1-14-4-5-16(10-14)19-17-11-15(2)12-18(13-17)21-8-6-20(3)7-9-21/h11-14,16,19H,4-10H2,1-3H3/t14-,16-/m0/s1. The molecule has 116 valence electrons. The molecule has 1 aliphatic carbocycles. The largest absolute Gasteiger partial charge is 0.382 e. The second-order valence-corrected chi connectivity index (χ2v) is 7.11. The minimum atomic E-state index is 0.669. The molecule has 0 unspecified atom stereocenters. The first-order valence-corrected chi connectivity index (χ1v) is 8.42. The molecule has 2 fully saturated rings. The van der Waals surface area contributed by atoms with Gasteiger partial charge in [0.1, 0.15) is 0 Å². The highest BCUT2D eigenvalue weighted by atomic mass is 15.2. The zero-order chi connectivity index (χ0) is 14.8. The van der Waals surface area contributed by atoms with E-state index in [-0.39, 0.29) is 0 Å². The summed E-state index contributed by atoms with van der Waals surface area (Å²) in [5.41, 5.74) is 4.06. The first-order chi connectivity index (χ1) is 10.1. The number of nitrogens with zero attached hydrogens (tertiary/aromatic N) is 2. The molecular weight excluding hydrogens is 258 g/mol. The SMILES string of the molecule is Cc1cc(N[C@H]2CC[C@H](C)C2)cc(N2CCN(C)CC2)c1. The summed E-state index contributed by atoms with van der Waals surface area (Å²) >= 11 is 0. The first-order valence-electron chi connectivity index (χ1n) is 8.42. The van der Waals surface area contributed by atoms with Crippen molar-refractivity contribution in [3.8, 4) is 0 Å². The fourth-order valence-corrected chi connectivity index (χ4v) is 3.67. The lowest BCUT2D eigenvalue weighted by molar-refractivity contribution is 0.313. The summed E-state index contributed by atoms with van der Waals surface area (Å²) in [7, 11) is 2.21. The van der Waals surface area contributed by atoms with Gasteiger partial charge in [-0.05, 0) is 62.9 Å². The number of nitrogens with one attached hydrogen (secondary N) is 1. The lowest BCUT2D eigenvalue weighted by atomic mass is 10.1. The van der Waals surface area contributed by atoms with E-state index < -0.39 is 0 Å². The zero-order valence-electron chi connectivity index (χ0n) is 13.7. The van der Waals surface area contributed by atoms with Gasteiger partial charge in [-0.25, -0.2) is 0 Å². The van der Waals surface area contributed by atoms with Crippen LogP contribution >= 0.6 is 0 Å². The van der Waals surface area contributed by atoms with E-state index in [1.807, 2.05) is 0 Å². The second kappa shape index (κ2) is 6.27. The van der Waals surface area contributed by atoms with E-state index in [9.17, 15) is 0 Å². The van der Waals surface area contributed by atoms with Crippen molar-refractivity contribution in [3.05, 3.63) is 23.8 Å². The van der Waals surface area contributed by atoms with Crippen LogP contribution in [0.1, 0.15) is 31.7 Å². The monoisotopic (exact) mass is 287 g/mol. The van der Waals surface area contributed by atoms with Gasteiger partial charge in [-0.1, -0.05) is 6.92 Å². The number of aryl methyl sites for hydroxylation is 1. The van der Waals surface area contributed by atoms with Crippen molar-refractivity contribution >= 4 is 11.4 Å². The molecule has 3 rings (SSSR count). The smallest absolute Gasteiger partial charge is 0.0390 e. The van der Waals surface area contributed by atoms with E-state index in [1.165, 1.54) is 36.2 Å². The lowest BCUT2D eigenvalue weighted by Crippen LogP contribution is -2.44. The number of likely N-dealkylation sites (N-methyl/N-ethyl adjacent to an activating group) is 1. The van der Waals surface area contributed by atoms with Gasteiger partial charge in [-0.15, -0.1) is 0 Å². The van der Waals surface area contributed by atoms with E-state index in [1.54, 1.807) is 0 Å². The normalized spacial score (nSPS) is 27.1. The molecule has 1 saturated carbocycles. The summed E-state index contributed by atoms with van der Waals surface area (Å²) < 4.78 is 0. The second-order valence-electron chi connectivity index (χ2n) is 7.11. The summed E-state index contributed by atoms with van der Waals surface area (Å²) in [4.78, 5) is 4.93. The van der Waals surface area contributed by atoms with Crippen LogP contribution in [0.2, 0.25) is 0 Å². The third-order valence-corrected chi connectivity index (χ3v) is 5.00. The average Bonchev–Trinajstić information content (AvgIpc) is 2.84. The molecule has 0 bridgehead atoms. The molecule has 3 nitrogen and oxygen atoms in total. The van der Waals surface area contributed by atoms with Crippen LogP contribution in [0.5, 0.6) is 0 Å². The Morgan fingerprint density at radius 2 is 1.81 bits per heavy atom. The maximum Gasteiger partial charge on any atom is 0.0390 e.